The lowest BCUT2D eigenvalue weighted by molar-refractivity contribution is 0.00987. The summed E-state index contributed by atoms with van der Waals surface area (Å²) in [6.45, 7) is 6.22. The van der Waals surface area contributed by atoms with E-state index in [0.717, 1.165) is 13.0 Å². The van der Waals surface area contributed by atoms with Gasteiger partial charge in [0.05, 0.1) is 39.6 Å². The van der Waals surface area contributed by atoms with Crippen LogP contribution in [0.25, 0.3) is 0 Å². The van der Waals surface area contributed by atoms with Crippen molar-refractivity contribution in [2.45, 2.75) is 13.3 Å². The molecule has 0 bridgehead atoms. The molecule has 2 radical (unpaired) electrons. The van der Waals surface area contributed by atoms with Gasteiger partial charge in [-0.3, -0.25) is 0 Å². The van der Waals surface area contributed by atoms with E-state index in [2.05, 4.69) is 11.6 Å². The molecule has 0 rings (SSSR count). The Balaban J connectivity index is 2.78. The van der Waals surface area contributed by atoms with Crippen LogP contribution in [0.3, 0.4) is 0 Å². The van der Waals surface area contributed by atoms with Gasteiger partial charge in [0.1, 0.15) is 0 Å². The SMILES string of the molecule is [B]OCCOCCOCCOCCC. The highest BCUT2D eigenvalue weighted by Gasteiger charge is 1.90. The Labute approximate surface area is 87.3 Å². The van der Waals surface area contributed by atoms with E-state index in [4.69, 9.17) is 22.3 Å². The lowest BCUT2D eigenvalue weighted by atomic mass is 10.5. The second-order valence-electron chi connectivity index (χ2n) is 2.71. The fourth-order valence-corrected chi connectivity index (χ4v) is 0.793. The number of rotatable bonds is 11. The lowest BCUT2D eigenvalue weighted by Gasteiger charge is -2.05. The lowest BCUT2D eigenvalue weighted by Crippen LogP contribution is -2.11. The third-order valence-corrected chi connectivity index (χ3v) is 1.44. The van der Waals surface area contributed by atoms with Crippen LogP contribution in [0.15, 0.2) is 0 Å². The second kappa shape index (κ2) is 12.9. The maximum absolute atomic E-state index is 5.24. The zero-order valence-electron chi connectivity index (χ0n) is 8.87. The maximum atomic E-state index is 5.24. The molecule has 82 valence electrons. The van der Waals surface area contributed by atoms with Crippen molar-refractivity contribution in [3.8, 4) is 0 Å². The van der Waals surface area contributed by atoms with E-state index >= 15 is 0 Å². The minimum Gasteiger partial charge on any atom is -0.445 e. The zero-order chi connectivity index (χ0) is 10.5. The van der Waals surface area contributed by atoms with Crippen LogP contribution < -0.4 is 0 Å². The average molecular weight is 202 g/mol. The average Bonchev–Trinajstić information content (AvgIpc) is 2.21. The third-order valence-electron chi connectivity index (χ3n) is 1.44. The predicted molar refractivity (Wildman–Crippen MR) is 54.5 cm³/mol. The van der Waals surface area contributed by atoms with E-state index in [9.17, 15) is 0 Å². The first-order chi connectivity index (χ1) is 6.91. The highest BCUT2D eigenvalue weighted by Crippen LogP contribution is 1.83. The van der Waals surface area contributed by atoms with Crippen molar-refractivity contribution in [3.05, 3.63) is 0 Å². The van der Waals surface area contributed by atoms with Crippen LogP contribution in [0.2, 0.25) is 0 Å². The molecule has 0 aliphatic rings. The molecule has 0 heterocycles. The Morgan fingerprint density at radius 1 is 0.714 bits per heavy atom. The number of hydrogen-bond acceptors (Lipinski definition) is 4. The highest BCUT2D eigenvalue weighted by atomic mass is 16.5. The molecule has 0 amide bonds. The summed E-state index contributed by atoms with van der Waals surface area (Å²) in [5.41, 5.74) is 0. The van der Waals surface area contributed by atoms with Crippen LogP contribution in [-0.2, 0) is 18.9 Å². The fourth-order valence-electron chi connectivity index (χ4n) is 0.793. The Bertz CT molecular complexity index is 90.8. The van der Waals surface area contributed by atoms with Gasteiger partial charge >= 0.3 is 0 Å². The van der Waals surface area contributed by atoms with Crippen molar-refractivity contribution in [2.24, 2.45) is 0 Å². The summed E-state index contributed by atoms with van der Waals surface area (Å²) in [7, 11) is 4.81. The molecular weight excluding hydrogens is 183 g/mol. The van der Waals surface area contributed by atoms with Gasteiger partial charge in [-0.2, -0.15) is 0 Å². The molecule has 0 aliphatic carbocycles. The normalized spacial score (nSPS) is 10.6. The molecule has 0 unspecified atom stereocenters. The Hall–Kier alpha value is -0.0951. The number of hydrogen-bond donors (Lipinski definition) is 0. The van der Waals surface area contributed by atoms with Gasteiger partial charge in [0.2, 0.25) is 0 Å². The van der Waals surface area contributed by atoms with E-state index in [1.54, 1.807) is 0 Å². The minimum absolute atomic E-state index is 0.416. The van der Waals surface area contributed by atoms with Gasteiger partial charge in [-0.25, -0.2) is 0 Å². The summed E-state index contributed by atoms with van der Waals surface area (Å²) < 4.78 is 19.9. The van der Waals surface area contributed by atoms with Crippen molar-refractivity contribution >= 4 is 8.05 Å². The standard InChI is InChI=1S/C9H19BO4/c1-2-3-11-4-5-12-6-7-13-8-9-14-10/h2-9H2,1H3. The van der Waals surface area contributed by atoms with Crippen LogP contribution >= 0.6 is 0 Å². The van der Waals surface area contributed by atoms with Gasteiger partial charge in [0.25, 0.3) is 8.05 Å². The monoisotopic (exact) mass is 202 g/mol. The zero-order valence-corrected chi connectivity index (χ0v) is 8.87. The summed E-state index contributed by atoms with van der Waals surface area (Å²) in [6.07, 6.45) is 1.04. The first-order valence-electron chi connectivity index (χ1n) is 4.96. The molecule has 0 atom stereocenters. The Kier molecular flexibility index (Phi) is 12.8. The van der Waals surface area contributed by atoms with Crippen LogP contribution in [0.4, 0.5) is 0 Å². The van der Waals surface area contributed by atoms with Crippen LogP contribution in [0, 0.1) is 0 Å². The van der Waals surface area contributed by atoms with E-state index in [0.29, 0.717) is 39.6 Å². The van der Waals surface area contributed by atoms with Gasteiger partial charge in [0, 0.05) is 6.61 Å². The molecule has 0 aromatic rings. The predicted octanol–water partition coefficient (Wildman–Crippen LogP) is 0.546. The van der Waals surface area contributed by atoms with E-state index in [1.807, 2.05) is 0 Å². The van der Waals surface area contributed by atoms with Crippen LogP contribution in [-0.4, -0.2) is 54.3 Å². The summed E-state index contributed by atoms with van der Waals surface area (Å²) in [5.74, 6) is 0. The molecular formula is C9H19BO4. The first kappa shape index (κ1) is 13.9. The molecule has 0 N–H and O–H groups in total. The van der Waals surface area contributed by atoms with Crippen molar-refractivity contribution in [1.29, 1.82) is 0 Å². The minimum atomic E-state index is 0.416. The molecule has 4 nitrogen and oxygen atoms in total. The highest BCUT2D eigenvalue weighted by molar-refractivity contribution is 5.97. The Morgan fingerprint density at radius 3 is 1.57 bits per heavy atom. The van der Waals surface area contributed by atoms with E-state index < -0.39 is 0 Å². The van der Waals surface area contributed by atoms with Gasteiger partial charge in [-0.05, 0) is 6.42 Å². The Morgan fingerprint density at radius 2 is 1.14 bits per heavy atom. The molecule has 14 heavy (non-hydrogen) atoms. The largest absolute Gasteiger partial charge is 0.445 e. The van der Waals surface area contributed by atoms with E-state index in [-0.39, 0.29) is 0 Å². The van der Waals surface area contributed by atoms with Crippen LogP contribution in [0.5, 0.6) is 0 Å². The van der Waals surface area contributed by atoms with Crippen molar-refractivity contribution in [1.82, 2.24) is 0 Å². The van der Waals surface area contributed by atoms with Crippen molar-refractivity contribution in [2.75, 3.05) is 46.2 Å². The molecule has 0 aromatic carbocycles. The van der Waals surface area contributed by atoms with Gasteiger partial charge in [0.15, 0.2) is 0 Å². The molecule has 0 spiro atoms. The summed E-state index contributed by atoms with van der Waals surface area (Å²) in [5, 5.41) is 0. The van der Waals surface area contributed by atoms with Gasteiger partial charge in [-0.1, -0.05) is 6.92 Å². The molecule has 0 saturated heterocycles. The second-order valence-corrected chi connectivity index (χ2v) is 2.71. The summed E-state index contributed by atoms with van der Waals surface area (Å²) in [6, 6.07) is 0. The maximum Gasteiger partial charge on any atom is 0.282 e. The number of ether oxygens (including phenoxy) is 3. The van der Waals surface area contributed by atoms with Crippen molar-refractivity contribution in [3.63, 3.8) is 0 Å². The molecule has 0 saturated carbocycles. The van der Waals surface area contributed by atoms with Crippen molar-refractivity contribution < 1.29 is 18.9 Å². The van der Waals surface area contributed by atoms with Gasteiger partial charge in [-0.15, -0.1) is 0 Å². The van der Waals surface area contributed by atoms with Gasteiger partial charge < -0.3 is 18.9 Å². The molecule has 0 aromatic heterocycles. The first-order valence-corrected chi connectivity index (χ1v) is 4.96. The quantitative estimate of drug-likeness (QED) is 0.362. The summed E-state index contributed by atoms with van der Waals surface area (Å²) in [4.78, 5) is 0. The third kappa shape index (κ3) is 11.9. The topological polar surface area (TPSA) is 36.9 Å². The van der Waals surface area contributed by atoms with E-state index in [1.165, 1.54) is 0 Å². The van der Waals surface area contributed by atoms with Crippen LogP contribution in [0.1, 0.15) is 13.3 Å². The fraction of sp³-hybridized carbons (Fsp3) is 1.00. The molecule has 0 aliphatic heterocycles. The molecule has 5 heteroatoms. The summed E-state index contributed by atoms with van der Waals surface area (Å²) >= 11 is 0. The molecule has 0 fully saturated rings. The smallest absolute Gasteiger partial charge is 0.282 e.